The number of nitrogens with zero attached hydrogens (tertiary/aromatic N) is 1. The summed E-state index contributed by atoms with van der Waals surface area (Å²) in [5, 5.41) is 2.70. The van der Waals surface area contributed by atoms with Crippen molar-refractivity contribution in [3.05, 3.63) is 65.7 Å². The van der Waals surface area contributed by atoms with Gasteiger partial charge in [-0.25, -0.2) is 4.98 Å². The van der Waals surface area contributed by atoms with Gasteiger partial charge in [0.05, 0.1) is 0 Å². The zero-order valence-electron chi connectivity index (χ0n) is 10.5. The lowest BCUT2D eigenvalue weighted by molar-refractivity contribution is 0.623. The molecular weight excluding hydrogens is 270 g/mol. The van der Waals surface area contributed by atoms with Gasteiger partial charge in [-0.1, -0.05) is 48.0 Å². The van der Waals surface area contributed by atoms with Crippen molar-refractivity contribution in [2.45, 2.75) is 0 Å². The van der Waals surface area contributed by atoms with Crippen molar-refractivity contribution in [3.63, 3.8) is 0 Å². The van der Waals surface area contributed by atoms with E-state index in [-0.39, 0.29) is 0 Å². The van der Waals surface area contributed by atoms with Gasteiger partial charge in [-0.15, -0.1) is 0 Å². The van der Waals surface area contributed by atoms with Crippen LogP contribution in [0.15, 0.2) is 65.1 Å². The van der Waals surface area contributed by atoms with Crippen LogP contribution in [-0.4, -0.2) is 4.98 Å². The van der Waals surface area contributed by atoms with Gasteiger partial charge in [0.25, 0.3) is 0 Å². The highest BCUT2D eigenvalue weighted by molar-refractivity contribution is 6.36. The fourth-order valence-corrected chi connectivity index (χ4v) is 2.65. The molecule has 0 amide bonds. The predicted molar refractivity (Wildman–Crippen MR) is 82.0 cm³/mol. The van der Waals surface area contributed by atoms with E-state index >= 15 is 0 Å². The lowest BCUT2D eigenvalue weighted by Crippen LogP contribution is -1.75. The molecule has 0 saturated heterocycles. The third kappa shape index (κ3) is 1.69. The Morgan fingerprint density at radius 1 is 0.800 bits per heavy atom. The van der Waals surface area contributed by atoms with Gasteiger partial charge in [-0.05, 0) is 24.3 Å². The molecule has 0 unspecified atom stereocenters. The molecule has 0 radical (unpaired) electrons. The molecule has 0 bridgehead atoms. The van der Waals surface area contributed by atoms with Gasteiger partial charge in [-0.3, -0.25) is 0 Å². The molecule has 0 fully saturated rings. The first kappa shape index (κ1) is 11.5. The van der Waals surface area contributed by atoms with Gasteiger partial charge in [-0.2, -0.15) is 0 Å². The van der Waals surface area contributed by atoms with Crippen molar-refractivity contribution in [3.8, 4) is 11.5 Å². The fourth-order valence-electron chi connectivity index (χ4n) is 2.41. The number of rotatable bonds is 1. The fraction of sp³-hybridized carbons (Fsp3) is 0. The predicted octanol–water partition coefficient (Wildman–Crippen LogP) is 5.30. The van der Waals surface area contributed by atoms with E-state index in [1.54, 1.807) is 0 Å². The van der Waals surface area contributed by atoms with Crippen molar-refractivity contribution in [2.24, 2.45) is 0 Å². The van der Waals surface area contributed by atoms with Gasteiger partial charge in [0.1, 0.15) is 5.52 Å². The second-order valence-electron chi connectivity index (χ2n) is 4.63. The van der Waals surface area contributed by atoms with E-state index < -0.39 is 0 Å². The zero-order chi connectivity index (χ0) is 13.5. The highest BCUT2D eigenvalue weighted by Crippen LogP contribution is 2.32. The van der Waals surface area contributed by atoms with Crippen molar-refractivity contribution >= 4 is 33.5 Å². The van der Waals surface area contributed by atoms with Gasteiger partial charge < -0.3 is 4.42 Å². The number of hydrogen-bond donors (Lipinski definition) is 0. The van der Waals surface area contributed by atoms with E-state index in [2.05, 4.69) is 4.98 Å². The van der Waals surface area contributed by atoms with Gasteiger partial charge >= 0.3 is 0 Å². The molecule has 0 saturated carbocycles. The van der Waals surface area contributed by atoms with E-state index in [1.165, 1.54) is 0 Å². The Morgan fingerprint density at radius 2 is 1.65 bits per heavy atom. The number of fused-ring (bicyclic) bond motifs is 3. The van der Waals surface area contributed by atoms with Gasteiger partial charge in [0, 0.05) is 21.4 Å². The highest BCUT2D eigenvalue weighted by Gasteiger charge is 2.11. The first-order chi connectivity index (χ1) is 9.83. The van der Waals surface area contributed by atoms with Crippen molar-refractivity contribution in [2.75, 3.05) is 0 Å². The van der Waals surface area contributed by atoms with E-state index in [0.717, 1.165) is 32.5 Å². The summed E-state index contributed by atoms with van der Waals surface area (Å²) < 4.78 is 5.95. The third-order valence-corrected chi connectivity index (χ3v) is 3.71. The standard InChI is InChI=1S/C17H10ClNO/c18-14-8-4-7-13-12(14)9-10-15-16(13)20-17(19-15)11-5-2-1-3-6-11/h1-10H. The lowest BCUT2D eigenvalue weighted by Gasteiger charge is -1.99. The van der Waals surface area contributed by atoms with Crippen LogP contribution in [0.2, 0.25) is 5.02 Å². The molecule has 4 rings (SSSR count). The summed E-state index contributed by atoms with van der Waals surface area (Å²) in [7, 11) is 0. The minimum Gasteiger partial charge on any atom is -0.435 e. The van der Waals surface area contributed by atoms with Crippen LogP contribution in [-0.2, 0) is 0 Å². The summed E-state index contributed by atoms with van der Waals surface area (Å²) in [5.41, 5.74) is 2.60. The summed E-state index contributed by atoms with van der Waals surface area (Å²) in [5.74, 6) is 0.632. The Bertz CT molecular complexity index is 912. The average Bonchev–Trinajstić information content (AvgIpc) is 2.93. The largest absolute Gasteiger partial charge is 0.435 e. The first-order valence-electron chi connectivity index (χ1n) is 6.36. The zero-order valence-corrected chi connectivity index (χ0v) is 11.3. The summed E-state index contributed by atoms with van der Waals surface area (Å²) >= 11 is 6.22. The molecule has 0 aliphatic rings. The third-order valence-electron chi connectivity index (χ3n) is 3.38. The van der Waals surface area contributed by atoms with Crippen molar-refractivity contribution in [1.82, 2.24) is 4.98 Å². The lowest BCUT2D eigenvalue weighted by atomic mass is 10.1. The Hall–Kier alpha value is -2.32. The maximum absolute atomic E-state index is 6.22. The van der Waals surface area contributed by atoms with E-state index in [9.17, 15) is 0 Å². The van der Waals surface area contributed by atoms with Crippen LogP contribution in [0.3, 0.4) is 0 Å². The van der Waals surface area contributed by atoms with Crippen LogP contribution in [0.1, 0.15) is 0 Å². The molecule has 0 N–H and O–H groups in total. The number of halogens is 1. The van der Waals surface area contributed by atoms with Crippen molar-refractivity contribution in [1.29, 1.82) is 0 Å². The van der Waals surface area contributed by atoms with Crippen LogP contribution in [0, 0.1) is 0 Å². The Balaban J connectivity index is 2.05. The molecule has 2 nitrogen and oxygen atoms in total. The van der Waals surface area contributed by atoms with E-state index in [4.69, 9.17) is 16.0 Å². The number of aromatic nitrogens is 1. The van der Waals surface area contributed by atoms with Crippen molar-refractivity contribution < 1.29 is 4.42 Å². The van der Waals surface area contributed by atoms with Crippen LogP contribution < -0.4 is 0 Å². The minimum absolute atomic E-state index is 0.632. The van der Waals surface area contributed by atoms with Gasteiger partial charge in [0.2, 0.25) is 5.89 Å². The van der Waals surface area contributed by atoms with Crippen LogP contribution in [0.5, 0.6) is 0 Å². The molecule has 1 heterocycles. The summed E-state index contributed by atoms with van der Waals surface area (Å²) in [6, 6.07) is 19.6. The van der Waals surface area contributed by atoms with Gasteiger partial charge in [0.15, 0.2) is 5.58 Å². The minimum atomic E-state index is 0.632. The number of benzene rings is 3. The Morgan fingerprint density at radius 3 is 2.50 bits per heavy atom. The molecule has 96 valence electrons. The molecule has 0 atom stereocenters. The van der Waals surface area contributed by atoms with E-state index in [0.29, 0.717) is 5.89 Å². The number of oxazole rings is 1. The first-order valence-corrected chi connectivity index (χ1v) is 6.74. The smallest absolute Gasteiger partial charge is 0.227 e. The monoisotopic (exact) mass is 279 g/mol. The Kier molecular flexibility index (Phi) is 2.51. The van der Waals surface area contributed by atoms with Crippen LogP contribution in [0.4, 0.5) is 0 Å². The normalized spacial score (nSPS) is 11.2. The molecule has 3 aromatic carbocycles. The summed E-state index contributed by atoms with van der Waals surface area (Å²) in [6.07, 6.45) is 0. The molecule has 4 aromatic rings. The summed E-state index contributed by atoms with van der Waals surface area (Å²) in [6.45, 7) is 0. The highest BCUT2D eigenvalue weighted by atomic mass is 35.5. The van der Waals surface area contributed by atoms with Crippen LogP contribution in [0.25, 0.3) is 33.3 Å². The van der Waals surface area contributed by atoms with E-state index in [1.807, 2.05) is 60.7 Å². The second kappa shape index (κ2) is 4.36. The summed E-state index contributed by atoms with van der Waals surface area (Å²) in [4.78, 5) is 4.55. The van der Waals surface area contributed by atoms with Crippen LogP contribution >= 0.6 is 11.6 Å². The second-order valence-corrected chi connectivity index (χ2v) is 5.04. The molecule has 1 aromatic heterocycles. The molecule has 20 heavy (non-hydrogen) atoms. The molecule has 0 spiro atoms. The molecule has 0 aliphatic heterocycles. The molecule has 3 heteroatoms. The number of hydrogen-bond acceptors (Lipinski definition) is 2. The maximum atomic E-state index is 6.22. The quantitative estimate of drug-likeness (QED) is 0.472. The average molecular weight is 280 g/mol. The SMILES string of the molecule is Clc1cccc2c1ccc1nc(-c3ccccc3)oc12. The maximum Gasteiger partial charge on any atom is 0.227 e. The molecule has 0 aliphatic carbocycles. The molecular formula is C17H10ClNO. The Labute approximate surface area is 120 Å². The topological polar surface area (TPSA) is 26.0 Å².